The molecule has 0 spiro atoms. The third kappa shape index (κ3) is 6.93. The highest BCUT2D eigenvalue weighted by Crippen LogP contribution is 2.03. The molecule has 0 aliphatic heterocycles. The van der Waals surface area contributed by atoms with E-state index in [2.05, 4.69) is 44.8 Å². The van der Waals surface area contributed by atoms with E-state index in [0.717, 1.165) is 24.9 Å². The van der Waals surface area contributed by atoms with Crippen molar-refractivity contribution in [1.29, 1.82) is 0 Å². The average Bonchev–Trinajstić information content (AvgIpc) is 3.03. The average molecular weight is 344 g/mol. The summed E-state index contributed by atoms with van der Waals surface area (Å²) in [7, 11) is 1.87. The van der Waals surface area contributed by atoms with E-state index in [1.807, 2.05) is 32.2 Å². The van der Waals surface area contributed by atoms with Gasteiger partial charge in [-0.05, 0) is 18.4 Å². The Morgan fingerprint density at radius 1 is 1.28 bits per heavy atom. The fourth-order valence-corrected chi connectivity index (χ4v) is 2.24. The van der Waals surface area contributed by atoms with Crippen LogP contribution in [0.25, 0.3) is 0 Å². The van der Waals surface area contributed by atoms with Crippen LogP contribution in [0.15, 0.2) is 41.7 Å². The Labute approximate surface area is 149 Å². The highest BCUT2D eigenvalue weighted by Gasteiger charge is 2.06. The van der Waals surface area contributed by atoms with Crippen molar-refractivity contribution in [3.05, 3.63) is 48.0 Å². The first kappa shape index (κ1) is 18.9. The summed E-state index contributed by atoms with van der Waals surface area (Å²) in [4.78, 5) is 8.73. The number of hydrogen-bond acceptors (Lipinski definition) is 4. The van der Waals surface area contributed by atoms with Gasteiger partial charge in [0.1, 0.15) is 18.7 Å². The smallest absolute Gasteiger partial charge is 0.191 e. The Balaban J connectivity index is 1.72. The molecule has 0 bridgehead atoms. The highest BCUT2D eigenvalue weighted by atomic mass is 16.5. The molecule has 7 heteroatoms. The fourth-order valence-electron chi connectivity index (χ4n) is 2.24. The molecule has 0 aliphatic carbocycles. The number of aryl methyl sites for hydroxylation is 1. The molecular weight excluding hydrogens is 316 g/mol. The second-order valence-corrected chi connectivity index (χ2v) is 5.98. The number of aliphatic imine (C=N–C) groups is 1. The van der Waals surface area contributed by atoms with Crippen molar-refractivity contribution < 1.29 is 4.74 Å². The van der Waals surface area contributed by atoms with E-state index < -0.39 is 0 Å². The van der Waals surface area contributed by atoms with Crippen LogP contribution < -0.4 is 10.6 Å². The summed E-state index contributed by atoms with van der Waals surface area (Å²) in [5.74, 6) is 1.99. The highest BCUT2D eigenvalue weighted by molar-refractivity contribution is 5.79. The minimum Gasteiger partial charge on any atom is -0.376 e. The molecule has 1 unspecified atom stereocenters. The van der Waals surface area contributed by atoms with Crippen LogP contribution in [0.5, 0.6) is 0 Å². The molecule has 25 heavy (non-hydrogen) atoms. The second kappa shape index (κ2) is 10.5. The third-order valence-corrected chi connectivity index (χ3v) is 3.66. The normalized spacial score (nSPS) is 12.8. The summed E-state index contributed by atoms with van der Waals surface area (Å²) in [6.07, 6.45) is 1.54. The van der Waals surface area contributed by atoms with E-state index >= 15 is 0 Å². The van der Waals surface area contributed by atoms with Gasteiger partial charge >= 0.3 is 0 Å². The lowest BCUT2D eigenvalue weighted by Crippen LogP contribution is -2.40. The number of nitrogens with zero attached hydrogens (tertiary/aromatic N) is 4. The van der Waals surface area contributed by atoms with Crippen LogP contribution in [0, 0.1) is 5.92 Å². The molecule has 1 aromatic carbocycles. The number of guanidine groups is 1. The lowest BCUT2D eigenvalue weighted by molar-refractivity contribution is 0.0931. The number of ether oxygens (including phenoxy) is 1. The van der Waals surface area contributed by atoms with Crippen LogP contribution in [-0.4, -0.2) is 40.4 Å². The first-order valence-electron chi connectivity index (χ1n) is 8.65. The van der Waals surface area contributed by atoms with Crippen molar-refractivity contribution in [3.63, 3.8) is 0 Å². The van der Waals surface area contributed by atoms with Crippen LogP contribution in [0.2, 0.25) is 0 Å². The Bertz CT molecular complexity index is 640. The van der Waals surface area contributed by atoms with Crippen molar-refractivity contribution in [1.82, 2.24) is 25.4 Å². The summed E-state index contributed by atoms with van der Waals surface area (Å²) in [5, 5.41) is 10.6. The van der Waals surface area contributed by atoms with Gasteiger partial charge in [0.15, 0.2) is 5.96 Å². The summed E-state index contributed by atoms with van der Waals surface area (Å²) in [6.45, 7) is 7.64. The van der Waals surface area contributed by atoms with Crippen LogP contribution in [0.3, 0.4) is 0 Å². The summed E-state index contributed by atoms with van der Waals surface area (Å²) in [6, 6.07) is 10.2. The standard InChI is InChI=1S/C18H28N6O/c1-4-19-18(21-11-17-22-14-23-24(17)3)20-10-15(2)12-25-13-16-8-6-5-7-9-16/h5-9,14-15H,4,10-13H2,1-3H3,(H2,19,20,21). The van der Waals surface area contributed by atoms with E-state index in [0.29, 0.717) is 25.7 Å². The van der Waals surface area contributed by atoms with Crippen LogP contribution >= 0.6 is 0 Å². The molecule has 1 aromatic heterocycles. The van der Waals surface area contributed by atoms with E-state index in [-0.39, 0.29) is 0 Å². The largest absolute Gasteiger partial charge is 0.376 e. The van der Waals surface area contributed by atoms with E-state index in [4.69, 9.17) is 4.74 Å². The van der Waals surface area contributed by atoms with Crippen molar-refractivity contribution in [2.24, 2.45) is 18.0 Å². The predicted octanol–water partition coefficient (Wildman–Crippen LogP) is 1.72. The maximum absolute atomic E-state index is 5.79. The Morgan fingerprint density at radius 3 is 2.76 bits per heavy atom. The Hall–Kier alpha value is -2.41. The van der Waals surface area contributed by atoms with E-state index in [1.54, 1.807) is 4.68 Å². The zero-order valence-electron chi connectivity index (χ0n) is 15.3. The van der Waals surface area contributed by atoms with Crippen LogP contribution in [0.1, 0.15) is 25.2 Å². The Morgan fingerprint density at radius 2 is 2.08 bits per heavy atom. The van der Waals surface area contributed by atoms with Gasteiger partial charge in [-0.3, -0.25) is 4.68 Å². The first-order valence-corrected chi connectivity index (χ1v) is 8.65. The zero-order valence-corrected chi connectivity index (χ0v) is 15.3. The predicted molar refractivity (Wildman–Crippen MR) is 99.1 cm³/mol. The minimum absolute atomic E-state index is 0.377. The summed E-state index contributed by atoms with van der Waals surface area (Å²) >= 11 is 0. The van der Waals surface area contributed by atoms with Gasteiger partial charge in [0, 0.05) is 20.1 Å². The number of benzene rings is 1. The molecule has 2 N–H and O–H groups in total. The molecule has 1 heterocycles. The molecule has 1 atom stereocenters. The molecule has 2 aromatic rings. The number of aromatic nitrogens is 3. The van der Waals surface area contributed by atoms with Gasteiger partial charge in [-0.15, -0.1) is 0 Å². The molecule has 0 saturated heterocycles. The van der Waals surface area contributed by atoms with Gasteiger partial charge in [-0.1, -0.05) is 37.3 Å². The van der Waals surface area contributed by atoms with E-state index in [9.17, 15) is 0 Å². The molecule has 0 amide bonds. The lowest BCUT2D eigenvalue weighted by Gasteiger charge is -2.16. The maximum atomic E-state index is 5.79. The van der Waals surface area contributed by atoms with Crippen LogP contribution in [0.4, 0.5) is 0 Å². The van der Waals surface area contributed by atoms with Gasteiger partial charge in [0.05, 0.1) is 13.2 Å². The first-order chi connectivity index (χ1) is 12.2. The fraction of sp³-hybridized carbons (Fsp3) is 0.500. The lowest BCUT2D eigenvalue weighted by atomic mass is 10.2. The Kier molecular flexibility index (Phi) is 7.91. The van der Waals surface area contributed by atoms with Crippen LogP contribution in [-0.2, 0) is 24.9 Å². The van der Waals surface area contributed by atoms with Crippen molar-refractivity contribution in [3.8, 4) is 0 Å². The van der Waals surface area contributed by atoms with Gasteiger partial charge in [-0.2, -0.15) is 5.10 Å². The minimum atomic E-state index is 0.377. The topological polar surface area (TPSA) is 76.4 Å². The van der Waals surface area contributed by atoms with Gasteiger partial charge < -0.3 is 15.4 Å². The third-order valence-electron chi connectivity index (χ3n) is 3.66. The molecule has 2 rings (SSSR count). The monoisotopic (exact) mass is 344 g/mol. The van der Waals surface area contributed by atoms with E-state index in [1.165, 1.54) is 11.9 Å². The van der Waals surface area contributed by atoms with Crippen molar-refractivity contribution in [2.75, 3.05) is 19.7 Å². The van der Waals surface area contributed by atoms with Gasteiger partial charge in [-0.25, -0.2) is 9.98 Å². The SMILES string of the molecule is CCNC(=NCc1ncnn1C)NCC(C)COCc1ccccc1. The molecule has 0 fully saturated rings. The summed E-state index contributed by atoms with van der Waals surface area (Å²) < 4.78 is 7.52. The quantitative estimate of drug-likeness (QED) is 0.535. The van der Waals surface area contributed by atoms with Gasteiger partial charge in [0.25, 0.3) is 0 Å². The van der Waals surface area contributed by atoms with Crippen molar-refractivity contribution in [2.45, 2.75) is 27.0 Å². The van der Waals surface area contributed by atoms with Crippen molar-refractivity contribution >= 4 is 5.96 Å². The molecular formula is C18H28N6O. The summed E-state index contributed by atoms with van der Waals surface area (Å²) in [5.41, 5.74) is 1.20. The number of hydrogen-bond donors (Lipinski definition) is 2. The molecule has 0 aliphatic rings. The van der Waals surface area contributed by atoms with Gasteiger partial charge in [0.2, 0.25) is 0 Å². The molecule has 0 radical (unpaired) electrons. The maximum Gasteiger partial charge on any atom is 0.191 e. The number of nitrogens with one attached hydrogen (secondary N) is 2. The number of rotatable bonds is 9. The zero-order chi connectivity index (χ0) is 17.9. The molecule has 136 valence electrons. The molecule has 0 saturated carbocycles. The molecule has 7 nitrogen and oxygen atoms in total. The second-order valence-electron chi connectivity index (χ2n) is 5.98.